The molecule has 55 heavy (non-hydrogen) atoms. The lowest BCUT2D eigenvalue weighted by Crippen LogP contribution is -2.68. The molecule has 324 valence electrons. The van der Waals surface area contributed by atoms with Crippen molar-refractivity contribution in [1.29, 1.82) is 0 Å². The van der Waals surface area contributed by atoms with Crippen molar-refractivity contribution in [3.8, 4) is 0 Å². The van der Waals surface area contributed by atoms with E-state index in [-0.39, 0.29) is 6.54 Å². The van der Waals surface area contributed by atoms with Gasteiger partial charge in [-0.2, -0.15) is 0 Å². The Morgan fingerprint density at radius 2 is 0.873 bits per heavy atom. The number of aliphatic hydroxyl groups is 11. The zero-order valence-corrected chi connectivity index (χ0v) is 30.8. The smallest absolute Gasteiger partial charge is 0.187 e. The first-order valence-corrected chi connectivity index (χ1v) is 19.3. The van der Waals surface area contributed by atoms with Crippen LogP contribution in [0.5, 0.6) is 0 Å². The fourth-order valence-corrected chi connectivity index (χ4v) is 7.67. The summed E-state index contributed by atoms with van der Waals surface area (Å²) in [7, 11) is -1.36. The number of aliphatic hydroxyl groups excluding tert-OH is 11. The summed E-state index contributed by atoms with van der Waals surface area (Å²) in [6.45, 7) is -4.04. The highest BCUT2D eigenvalue weighted by Crippen LogP contribution is 2.35. The van der Waals surface area contributed by atoms with Gasteiger partial charge in [0, 0.05) is 20.8 Å². The number of hydrogen-bond acceptors (Lipinski definition) is 24. The average Bonchev–Trinajstić information content (AvgIpc) is 3.16. The van der Waals surface area contributed by atoms with Gasteiger partial charge in [0.15, 0.2) is 35.0 Å². The third kappa shape index (κ3) is 10.6. The molecule has 0 spiro atoms. The van der Waals surface area contributed by atoms with Crippen LogP contribution in [0.1, 0.15) is 0 Å². The van der Waals surface area contributed by atoms with E-state index in [0.717, 1.165) is 0 Å². The Hall–Kier alpha value is -0.930. The molecule has 0 saturated carbocycles. The minimum absolute atomic E-state index is 0.192. The molecular weight excluding hydrogens is 774 g/mol. The van der Waals surface area contributed by atoms with Gasteiger partial charge in [0.1, 0.15) is 97.7 Å². The van der Waals surface area contributed by atoms with E-state index in [2.05, 4.69) is 0 Å². The Kier molecular flexibility index (Phi) is 17.7. The van der Waals surface area contributed by atoms with Crippen LogP contribution in [-0.4, -0.2) is 253 Å². The third-order valence-electron chi connectivity index (χ3n) is 9.77. The first-order valence-electron chi connectivity index (χ1n) is 17.5. The fraction of sp³-hybridized carbons (Fsp3) is 1.00. The van der Waals surface area contributed by atoms with E-state index in [1.54, 1.807) is 0 Å². The van der Waals surface area contributed by atoms with Crippen molar-refractivity contribution in [2.24, 2.45) is 5.73 Å². The van der Waals surface area contributed by atoms with Crippen molar-refractivity contribution in [2.75, 3.05) is 65.3 Å². The molecule has 4 heterocycles. The summed E-state index contributed by atoms with van der Waals surface area (Å²) in [4.78, 5) is 0. The number of methoxy groups -OCH3 is 2. The third-order valence-corrected chi connectivity index (χ3v) is 11.4. The standard InChI is InChI=1S/C30H55NO23S/c1-45-22-11(7-32)49-28(19(40)15(22)36)53-25-14(10-35)51-30(26(21(25)42)47-4-6-55(43,44)5-3-31)54-24-13(9-34)50-29(20(41)17(24)38)52-23-12(8-33)48-27(46-2)18(39)16(23)37/h11-30,32-42H,3-10,31H2,1-2H3/t11?,12?,13?,14?,15-,16-,17-,18?,19?,20?,21+,22+,23+,24+,25+,26?,27-,28+,29+,30+/m1/s1. The normalized spacial score (nSPS) is 45.8. The molecule has 25 heteroatoms. The lowest BCUT2D eigenvalue weighted by atomic mass is 9.95. The molecule has 4 fully saturated rings. The van der Waals surface area contributed by atoms with Gasteiger partial charge in [-0.25, -0.2) is 8.42 Å². The van der Waals surface area contributed by atoms with E-state index in [0.29, 0.717) is 0 Å². The van der Waals surface area contributed by atoms with Crippen LogP contribution in [0.4, 0.5) is 0 Å². The zero-order chi connectivity index (χ0) is 40.8. The van der Waals surface area contributed by atoms with Crippen LogP contribution < -0.4 is 5.73 Å². The van der Waals surface area contributed by atoms with E-state index in [9.17, 15) is 64.6 Å². The number of sulfone groups is 1. The summed E-state index contributed by atoms with van der Waals surface area (Å²) < 4.78 is 80.4. The first-order chi connectivity index (χ1) is 26.1. The molecule has 0 bridgehead atoms. The Balaban J connectivity index is 1.56. The van der Waals surface area contributed by atoms with Crippen LogP contribution >= 0.6 is 0 Å². The molecule has 0 aromatic carbocycles. The monoisotopic (exact) mass is 829 g/mol. The van der Waals surface area contributed by atoms with E-state index >= 15 is 0 Å². The molecule has 0 aromatic heterocycles. The molecule has 0 amide bonds. The highest BCUT2D eigenvalue weighted by molar-refractivity contribution is 7.91. The largest absolute Gasteiger partial charge is 0.394 e. The van der Waals surface area contributed by atoms with E-state index in [1.807, 2.05) is 0 Å². The highest BCUT2D eigenvalue weighted by atomic mass is 32.2. The van der Waals surface area contributed by atoms with Gasteiger partial charge in [0.05, 0.1) is 44.5 Å². The summed E-state index contributed by atoms with van der Waals surface area (Å²) in [6.07, 6.45) is -33.1. The van der Waals surface area contributed by atoms with E-state index < -0.39 is 177 Å². The van der Waals surface area contributed by atoms with Gasteiger partial charge in [0.2, 0.25) is 0 Å². The molecule has 24 nitrogen and oxygen atoms in total. The molecule has 4 saturated heterocycles. The number of nitrogens with two attached hydrogens (primary N) is 1. The molecule has 0 aromatic rings. The van der Waals surface area contributed by atoms with Crippen LogP contribution in [0.3, 0.4) is 0 Å². The van der Waals surface area contributed by atoms with Crippen molar-refractivity contribution in [3.63, 3.8) is 0 Å². The molecule has 4 aliphatic heterocycles. The van der Waals surface area contributed by atoms with E-state index in [1.165, 1.54) is 14.2 Å². The maximum Gasteiger partial charge on any atom is 0.187 e. The Bertz CT molecular complexity index is 1250. The fourth-order valence-electron chi connectivity index (χ4n) is 6.76. The summed E-state index contributed by atoms with van der Waals surface area (Å²) in [5.74, 6) is -0.994. The van der Waals surface area contributed by atoms with Gasteiger partial charge in [-0.15, -0.1) is 0 Å². The second-order valence-electron chi connectivity index (χ2n) is 13.4. The van der Waals surface area contributed by atoms with Crippen molar-refractivity contribution < 1.29 is 112 Å². The maximum absolute atomic E-state index is 12.4. The molecule has 4 rings (SSSR count). The maximum atomic E-state index is 12.4. The highest BCUT2D eigenvalue weighted by Gasteiger charge is 2.56. The topological polar surface area (TPSA) is 375 Å². The van der Waals surface area contributed by atoms with Crippen molar-refractivity contribution in [3.05, 3.63) is 0 Å². The molecule has 8 unspecified atom stereocenters. The van der Waals surface area contributed by atoms with Crippen molar-refractivity contribution in [1.82, 2.24) is 0 Å². The second kappa shape index (κ2) is 20.9. The van der Waals surface area contributed by atoms with Gasteiger partial charge >= 0.3 is 0 Å². The average molecular weight is 830 g/mol. The van der Waals surface area contributed by atoms with Crippen molar-refractivity contribution in [2.45, 2.75) is 123 Å². The van der Waals surface area contributed by atoms with Crippen LogP contribution in [0.2, 0.25) is 0 Å². The minimum atomic E-state index is -3.75. The molecule has 20 atom stereocenters. The van der Waals surface area contributed by atoms with Crippen LogP contribution in [0.25, 0.3) is 0 Å². The Morgan fingerprint density at radius 3 is 1.31 bits per heavy atom. The summed E-state index contributed by atoms with van der Waals surface area (Å²) in [5, 5.41) is 116. The summed E-state index contributed by atoms with van der Waals surface area (Å²) in [5.41, 5.74) is 5.38. The molecular formula is C30H55NO23S. The lowest BCUT2D eigenvalue weighted by molar-refractivity contribution is -0.390. The molecule has 4 aliphatic rings. The molecule has 13 N–H and O–H groups in total. The Labute approximate surface area is 315 Å². The van der Waals surface area contributed by atoms with Gasteiger partial charge in [-0.1, -0.05) is 0 Å². The minimum Gasteiger partial charge on any atom is -0.394 e. The molecule has 0 aliphatic carbocycles. The van der Waals surface area contributed by atoms with Crippen LogP contribution in [0, 0.1) is 0 Å². The number of ether oxygens (including phenoxy) is 10. The van der Waals surface area contributed by atoms with E-state index in [4.69, 9.17) is 53.1 Å². The predicted molar refractivity (Wildman–Crippen MR) is 175 cm³/mol. The summed E-state index contributed by atoms with van der Waals surface area (Å²) in [6, 6.07) is 0. The SMILES string of the molecule is CO[C@@H]1OC(CO)[C@H](O[C@@H]2OC(CO)[C@H](O[C@@H]3OC(CO)[C@H](O[C@@H]4OC(CO)[C@H](OC)[C@H](O)C4O)[C@H](O)C3OCCS(=O)(=O)CCN)[C@H](O)C2O)[C@H](O)C1O. The van der Waals surface area contributed by atoms with Crippen LogP contribution in [0.15, 0.2) is 0 Å². The number of hydrogen-bond donors (Lipinski definition) is 12. The van der Waals surface area contributed by atoms with Gasteiger partial charge in [-0.05, 0) is 0 Å². The van der Waals surface area contributed by atoms with Gasteiger partial charge in [0.25, 0.3) is 0 Å². The number of rotatable bonds is 18. The first kappa shape index (κ1) is 46.8. The second-order valence-corrected chi connectivity index (χ2v) is 15.7. The van der Waals surface area contributed by atoms with Crippen molar-refractivity contribution >= 4 is 9.84 Å². The van der Waals surface area contributed by atoms with Gasteiger partial charge < -0.3 is 109 Å². The summed E-state index contributed by atoms with van der Waals surface area (Å²) >= 11 is 0. The zero-order valence-electron chi connectivity index (χ0n) is 30.0. The predicted octanol–water partition coefficient (Wildman–Crippen LogP) is -9.04. The van der Waals surface area contributed by atoms with Gasteiger partial charge in [-0.3, -0.25) is 0 Å². The quantitative estimate of drug-likeness (QED) is 0.0610. The molecule has 0 radical (unpaired) electrons. The lowest BCUT2D eigenvalue weighted by Gasteiger charge is -2.49. The Morgan fingerprint density at radius 1 is 0.491 bits per heavy atom. The van der Waals surface area contributed by atoms with Crippen LogP contribution in [-0.2, 0) is 57.2 Å².